The summed E-state index contributed by atoms with van der Waals surface area (Å²) in [5.74, 6) is 0.839. The molecular formula is C16H25NS. The molecule has 0 unspecified atom stereocenters. The van der Waals surface area contributed by atoms with Gasteiger partial charge in [-0.05, 0) is 61.5 Å². The zero-order chi connectivity index (χ0) is 12.8. The minimum Gasteiger partial charge on any atom is -0.316 e. The van der Waals surface area contributed by atoms with Gasteiger partial charge in [-0.3, -0.25) is 0 Å². The molecule has 2 fully saturated rings. The third-order valence-corrected chi connectivity index (χ3v) is 6.74. The van der Waals surface area contributed by atoms with E-state index in [-0.39, 0.29) is 0 Å². The first kappa shape index (κ1) is 12.7. The number of rotatable bonds is 1. The maximum Gasteiger partial charge on any atom is 0.00790 e. The Hall–Kier alpha value is -0.340. The van der Waals surface area contributed by atoms with Crippen LogP contribution >= 0.6 is 11.3 Å². The lowest BCUT2D eigenvalue weighted by Crippen LogP contribution is -2.39. The van der Waals surface area contributed by atoms with Gasteiger partial charge < -0.3 is 5.32 Å². The molecule has 2 heterocycles. The van der Waals surface area contributed by atoms with Crippen molar-refractivity contribution in [2.45, 2.75) is 52.4 Å². The fourth-order valence-corrected chi connectivity index (χ4v) is 5.07. The summed E-state index contributed by atoms with van der Waals surface area (Å²) in [6, 6.07) is 4.64. The van der Waals surface area contributed by atoms with Crippen LogP contribution in [0.25, 0.3) is 0 Å². The van der Waals surface area contributed by atoms with E-state index in [4.69, 9.17) is 0 Å². The highest BCUT2D eigenvalue weighted by molar-refractivity contribution is 7.12. The van der Waals surface area contributed by atoms with Gasteiger partial charge in [0.25, 0.3) is 0 Å². The molecule has 100 valence electrons. The second kappa shape index (κ2) is 4.35. The van der Waals surface area contributed by atoms with Crippen LogP contribution in [0.2, 0.25) is 0 Å². The molecule has 0 bridgehead atoms. The van der Waals surface area contributed by atoms with Crippen LogP contribution in [0.15, 0.2) is 12.1 Å². The number of thiophene rings is 1. The average Bonchev–Trinajstić information content (AvgIpc) is 2.86. The predicted octanol–water partition coefficient (Wildman–Crippen LogP) is 4.33. The van der Waals surface area contributed by atoms with Crippen LogP contribution in [0.1, 0.15) is 55.2 Å². The Morgan fingerprint density at radius 3 is 2.39 bits per heavy atom. The summed E-state index contributed by atoms with van der Waals surface area (Å²) in [7, 11) is 0. The van der Waals surface area contributed by atoms with E-state index in [1.54, 1.807) is 4.88 Å². The maximum atomic E-state index is 3.63. The van der Waals surface area contributed by atoms with E-state index in [9.17, 15) is 0 Å². The largest absolute Gasteiger partial charge is 0.316 e. The smallest absolute Gasteiger partial charge is 0.00790 e. The van der Waals surface area contributed by atoms with Gasteiger partial charge in [-0.1, -0.05) is 13.8 Å². The van der Waals surface area contributed by atoms with Crippen LogP contribution in [-0.4, -0.2) is 13.1 Å². The first-order valence-electron chi connectivity index (χ1n) is 7.30. The molecule has 1 saturated carbocycles. The Labute approximate surface area is 115 Å². The fraction of sp³-hybridized carbons (Fsp3) is 0.750. The lowest BCUT2D eigenvalue weighted by molar-refractivity contribution is 0.0731. The van der Waals surface area contributed by atoms with E-state index in [1.165, 1.54) is 43.6 Å². The molecule has 2 heteroatoms. The fourth-order valence-electron chi connectivity index (χ4n) is 4.02. The van der Waals surface area contributed by atoms with Gasteiger partial charge in [0, 0.05) is 22.8 Å². The molecule has 0 amide bonds. The number of hydrogen-bond acceptors (Lipinski definition) is 2. The number of hydrogen-bond donors (Lipinski definition) is 1. The molecule has 3 rings (SSSR count). The molecule has 1 nitrogen and oxygen atoms in total. The molecular weight excluding hydrogens is 238 g/mol. The van der Waals surface area contributed by atoms with Gasteiger partial charge in [0.2, 0.25) is 0 Å². The highest BCUT2D eigenvalue weighted by Crippen LogP contribution is 2.54. The van der Waals surface area contributed by atoms with Gasteiger partial charge in [-0.25, -0.2) is 0 Å². The summed E-state index contributed by atoms with van der Waals surface area (Å²) in [6.45, 7) is 9.60. The molecule has 1 aliphatic heterocycles. The summed E-state index contributed by atoms with van der Waals surface area (Å²) >= 11 is 2.01. The minimum absolute atomic E-state index is 0.489. The average molecular weight is 263 g/mol. The Balaban J connectivity index is 1.71. The maximum absolute atomic E-state index is 3.63. The van der Waals surface area contributed by atoms with Crippen molar-refractivity contribution in [2.75, 3.05) is 13.1 Å². The van der Waals surface area contributed by atoms with Gasteiger partial charge in [0.1, 0.15) is 0 Å². The standard InChI is InChI=1S/C16H25NS/c1-12-4-5-14(18-12)13-6-8-16(9-7-13)11-17-10-15(16,2)3/h4-5,13,17H,6-11H2,1-3H3. The van der Waals surface area contributed by atoms with E-state index in [0.29, 0.717) is 10.8 Å². The summed E-state index contributed by atoms with van der Waals surface area (Å²) in [6.07, 6.45) is 5.61. The quantitative estimate of drug-likeness (QED) is 0.795. The molecule has 1 aromatic heterocycles. The van der Waals surface area contributed by atoms with Gasteiger partial charge in [-0.15, -0.1) is 11.3 Å². The van der Waals surface area contributed by atoms with E-state index in [1.807, 2.05) is 11.3 Å². The van der Waals surface area contributed by atoms with Crippen LogP contribution in [-0.2, 0) is 0 Å². The summed E-state index contributed by atoms with van der Waals surface area (Å²) in [5, 5.41) is 3.63. The molecule has 0 atom stereocenters. The zero-order valence-corrected chi connectivity index (χ0v) is 12.7. The Kier molecular flexibility index (Phi) is 3.06. The van der Waals surface area contributed by atoms with Crippen molar-refractivity contribution in [1.82, 2.24) is 5.32 Å². The predicted molar refractivity (Wildman–Crippen MR) is 79.3 cm³/mol. The topological polar surface area (TPSA) is 12.0 Å². The molecule has 1 N–H and O–H groups in total. The van der Waals surface area contributed by atoms with Crippen molar-refractivity contribution in [3.05, 3.63) is 21.9 Å². The summed E-state index contributed by atoms with van der Waals surface area (Å²) in [5.41, 5.74) is 1.07. The van der Waals surface area contributed by atoms with Crippen LogP contribution in [0.5, 0.6) is 0 Å². The van der Waals surface area contributed by atoms with Crippen LogP contribution in [0.4, 0.5) is 0 Å². The first-order valence-corrected chi connectivity index (χ1v) is 8.11. The first-order chi connectivity index (χ1) is 8.52. The van der Waals surface area contributed by atoms with Crippen LogP contribution < -0.4 is 5.32 Å². The summed E-state index contributed by atoms with van der Waals surface area (Å²) in [4.78, 5) is 3.10. The monoisotopic (exact) mass is 263 g/mol. The second-order valence-corrected chi connectivity index (χ2v) is 8.31. The third-order valence-electron chi connectivity index (χ3n) is 5.57. The number of nitrogens with one attached hydrogen (secondary N) is 1. The van der Waals surface area contributed by atoms with Crippen LogP contribution in [0.3, 0.4) is 0 Å². The van der Waals surface area contributed by atoms with Crippen molar-refractivity contribution in [3.63, 3.8) is 0 Å². The minimum atomic E-state index is 0.489. The lowest BCUT2D eigenvalue weighted by Gasteiger charge is -2.45. The van der Waals surface area contributed by atoms with Gasteiger partial charge in [-0.2, -0.15) is 0 Å². The van der Waals surface area contributed by atoms with Crippen molar-refractivity contribution >= 4 is 11.3 Å². The van der Waals surface area contributed by atoms with Crippen molar-refractivity contribution in [2.24, 2.45) is 10.8 Å². The van der Waals surface area contributed by atoms with Crippen molar-refractivity contribution in [3.8, 4) is 0 Å². The van der Waals surface area contributed by atoms with Gasteiger partial charge in [0.15, 0.2) is 0 Å². The molecule has 1 aromatic rings. The Morgan fingerprint density at radius 2 is 1.89 bits per heavy atom. The summed E-state index contributed by atoms with van der Waals surface area (Å²) < 4.78 is 0. The van der Waals surface area contributed by atoms with Gasteiger partial charge in [0.05, 0.1) is 0 Å². The second-order valence-electron chi connectivity index (χ2n) is 6.99. The lowest BCUT2D eigenvalue weighted by atomic mass is 9.59. The molecule has 1 aliphatic carbocycles. The van der Waals surface area contributed by atoms with Crippen LogP contribution in [0, 0.1) is 17.8 Å². The molecule has 0 radical (unpaired) electrons. The van der Waals surface area contributed by atoms with E-state index in [0.717, 1.165) is 5.92 Å². The Bertz CT molecular complexity index is 424. The van der Waals surface area contributed by atoms with Gasteiger partial charge >= 0.3 is 0 Å². The molecule has 0 aromatic carbocycles. The highest BCUT2D eigenvalue weighted by Gasteiger charge is 2.50. The van der Waals surface area contributed by atoms with E-state index in [2.05, 4.69) is 38.2 Å². The Morgan fingerprint density at radius 1 is 1.17 bits per heavy atom. The number of aryl methyl sites for hydroxylation is 1. The molecule has 2 aliphatic rings. The molecule has 1 spiro atoms. The normalized spacial score (nSPS) is 35.2. The SMILES string of the molecule is Cc1ccc(C2CCC3(CC2)CNCC3(C)C)s1. The van der Waals surface area contributed by atoms with Crippen molar-refractivity contribution < 1.29 is 0 Å². The molecule has 18 heavy (non-hydrogen) atoms. The highest BCUT2D eigenvalue weighted by atomic mass is 32.1. The molecule has 1 saturated heterocycles. The van der Waals surface area contributed by atoms with E-state index >= 15 is 0 Å². The van der Waals surface area contributed by atoms with E-state index < -0.39 is 0 Å². The third kappa shape index (κ3) is 1.94. The zero-order valence-electron chi connectivity index (χ0n) is 11.9. The van der Waals surface area contributed by atoms with Crippen molar-refractivity contribution in [1.29, 1.82) is 0 Å².